The molecular weight excluding hydrogens is 382 g/mol. The highest BCUT2D eigenvalue weighted by Gasteiger charge is 2.18. The molecule has 0 saturated carbocycles. The molecule has 0 aliphatic rings. The van der Waals surface area contributed by atoms with Crippen molar-refractivity contribution in [1.82, 2.24) is 4.72 Å². The number of benzene rings is 1. The van der Waals surface area contributed by atoms with Gasteiger partial charge in [-0.25, -0.2) is 13.1 Å². The Bertz CT molecular complexity index is 676. The summed E-state index contributed by atoms with van der Waals surface area (Å²) in [4.78, 5) is 0. The maximum Gasteiger partial charge on any atom is 0.250 e. The topological polar surface area (TPSA) is 46.2 Å². The van der Waals surface area contributed by atoms with Gasteiger partial charge in [0.05, 0.1) is 8.81 Å². The van der Waals surface area contributed by atoms with E-state index in [1.165, 1.54) is 11.6 Å². The lowest BCUT2D eigenvalue weighted by Crippen LogP contribution is -2.22. The number of sulfonamides is 1. The van der Waals surface area contributed by atoms with Crippen LogP contribution in [0, 0.1) is 0 Å². The fourth-order valence-electron chi connectivity index (χ4n) is 1.60. The summed E-state index contributed by atoms with van der Waals surface area (Å²) in [6, 6.07) is 9.31. The second kappa shape index (κ2) is 6.58. The Labute approximate surface area is 136 Å². The van der Waals surface area contributed by atoms with Crippen molar-refractivity contribution in [2.45, 2.75) is 24.1 Å². The van der Waals surface area contributed by atoms with Gasteiger partial charge in [0.25, 0.3) is 0 Å². The van der Waals surface area contributed by atoms with Crippen molar-refractivity contribution in [3.05, 3.63) is 50.3 Å². The predicted octanol–water partition coefficient (Wildman–Crippen LogP) is 4.20. The van der Waals surface area contributed by atoms with Crippen molar-refractivity contribution < 1.29 is 8.42 Å². The second-order valence-electron chi connectivity index (χ2n) is 4.18. The Morgan fingerprint density at radius 3 is 2.35 bits per heavy atom. The molecule has 0 radical (unpaired) electrons. The van der Waals surface area contributed by atoms with Crippen LogP contribution in [-0.2, 0) is 23.0 Å². The van der Waals surface area contributed by atoms with Gasteiger partial charge in [0, 0.05) is 6.54 Å². The molecule has 3 nitrogen and oxygen atoms in total. The number of aryl methyl sites for hydroxylation is 1. The van der Waals surface area contributed by atoms with Crippen LogP contribution >= 0.6 is 38.9 Å². The first-order valence-corrected chi connectivity index (χ1v) is 9.41. The molecule has 0 bridgehead atoms. The van der Waals surface area contributed by atoms with Crippen LogP contribution in [0.1, 0.15) is 18.1 Å². The van der Waals surface area contributed by atoms with Crippen LogP contribution < -0.4 is 4.72 Å². The largest absolute Gasteiger partial charge is 0.250 e. The van der Waals surface area contributed by atoms with Crippen molar-refractivity contribution in [3.63, 3.8) is 0 Å². The minimum Gasteiger partial charge on any atom is -0.206 e. The molecule has 1 N–H and O–H groups in total. The van der Waals surface area contributed by atoms with Crippen LogP contribution in [0.4, 0.5) is 0 Å². The molecule has 2 rings (SSSR count). The van der Waals surface area contributed by atoms with E-state index in [4.69, 9.17) is 11.6 Å². The first-order valence-electron chi connectivity index (χ1n) is 5.94. The molecule has 2 aromatic rings. The fourth-order valence-corrected chi connectivity index (χ4v) is 5.06. The van der Waals surface area contributed by atoms with E-state index in [1.54, 1.807) is 0 Å². The molecule has 0 fully saturated rings. The van der Waals surface area contributed by atoms with Gasteiger partial charge in [0.15, 0.2) is 0 Å². The molecule has 1 aromatic carbocycles. The molecule has 0 spiro atoms. The van der Waals surface area contributed by atoms with Gasteiger partial charge in [-0.15, -0.1) is 11.3 Å². The molecule has 0 amide bonds. The third-order valence-corrected chi connectivity index (χ3v) is 7.13. The lowest BCUT2D eigenvalue weighted by Gasteiger charge is -2.05. The average Bonchev–Trinajstić information content (AvgIpc) is 2.78. The summed E-state index contributed by atoms with van der Waals surface area (Å²) in [6.07, 6.45) is 0.966. The third-order valence-electron chi connectivity index (χ3n) is 2.78. The lowest BCUT2D eigenvalue weighted by molar-refractivity contribution is 0.583. The zero-order valence-electron chi connectivity index (χ0n) is 10.7. The molecule has 0 aliphatic carbocycles. The van der Waals surface area contributed by atoms with Gasteiger partial charge in [0.1, 0.15) is 4.21 Å². The summed E-state index contributed by atoms with van der Waals surface area (Å²) < 4.78 is 27.6. The number of rotatable bonds is 5. The van der Waals surface area contributed by atoms with E-state index in [0.717, 1.165) is 23.3 Å². The third kappa shape index (κ3) is 3.83. The highest BCUT2D eigenvalue weighted by molar-refractivity contribution is 9.11. The van der Waals surface area contributed by atoms with Gasteiger partial charge in [-0.1, -0.05) is 42.8 Å². The Balaban J connectivity index is 2.08. The molecule has 0 aliphatic heterocycles. The monoisotopic (exact) mass is 393 g/mol. The molecule has 0 atom stereocenters. The number of halogens is 2. The van der Waals surface area contributed by atoms with Crippen LogP contribution in [-0.4, -0.2) is 8.42 Å². The van der Waals surface area contributed by atoms with Gasteiger partial charge in [-0.2, -0.15) is 0 Å². The zero-order valence-corrected chi connectivity index (χ0v) is 14.7. The summed E-state index contributed by atoms with van der Waals surface area (Å²) in [5, 5.41) is 0.405. The molecular formula is C13H13BrClNO2S2. The van der Waals surface area contributed by atoms with Crippen molar-refractivity contribution in [2.75, 3.05) is 0 Å². The number of thiophene rings is 1. The second-order valence-corrected chi connectivity index (χ2v) is 8.95. The highest BCUT2D eigenvalue weighted by atomic mass is 79.9. The predicted molar refractivity (Wildman–Crippen MR) is 86.9 cm³/mol. The smallest absolute Gasteiger partial charge is 0.206 e. The number of nitrogens with one attached hydrogen (secondary N) is 1. The van der Waals surface area contributed by atoms with Crippen molar-refractivity contribution >= 4 is 48.9 Å². The van der Waals surface area contributed by atoms with Crippen LogP contribution in [0.5, 0.6) is 0 Å². The molecule has 0 unspecified atom stereocenters. The molecule has 1 heterocycles. The van der Waals surface area contributed by atoms with Crippen LogP contribution in [0.25, 0.3) is 0 Å². The first-order chi connectivity index (χ1) is 9.42. The quantitative estimate of drug-likeness (QED) is 0.826. The summed E-state index contributed by atoms with van der Waals surface area (Å²) in [5.74, 6) is 0. The van der Waals surface area contributed by atoms with Crippen LogP contribution in [0.15, 0.2) is 38.3 Å². The maximum absolute atomic E-state index is 12.1. The van der Waals surface area contributed by atoms with Gasteiger partial charge in [-0.05, 0) is 39.5 Å². The Kier molecular flexibility index (Phi) is 5.25. The van der Waals surface area contributed by atoms with Crippen molar-refractivity contribution in [1.29, 1.82) is 0 Å². The minimum absolute atomic E-state index is 0.208. The van der Waals surface area contributed by atoms with Crippen LogP contribution in [0.3, 0.4) is 0 Å². The van der Waals surface area contributed by atoms with Gasteiger partial charge in [0.2, 0.25) is 10.0 Å². The van der Waals surface area contributed by atoms with Gasteiger partial charge in [-0.3, -0.25) is 0 Å². The molecule has 7 heteroatoms. The summed E-state index contributed by atoms with van der Waals surface area (Å²) in [6.45, 7) is 2.34. The van der Waals surface area contributed by atoms with Crippen molar-refractivity contribution in [2.24, 2.45) is 0 Å². The van der Waals surface area contributed by atoms with E-state index in [2.05, 4.69) is 27.6 Å². The summed E-state index contributed by atoms with van der Waals surface area (Å²) >= 11 is 10.2. The Morgan fingerprint density at radius 2 is 1.85 bits per heavy atom. The molecule has 108 valence electrons. The van der Waals surface area contributed by atoms with Gasteiger partial charge < -0.3 is 0 Å². The van der Waals surface area contributed by atoms with E-state index < -0.39 is 10.0 Å². The summed E-state index contributed by atoms with van der Waals surface area (Å²) in [7, 11) is -3.52. The first kappa shape index (κ1) is 16.0. The Morgan fingerprint density at radius 1 is 1.25 bits per heavy atom. The number of hydrogen-bond donors (Lipinski definition) is 1. The summed E-state index contributed by atoms with van der Waals surface area (Å²) in [5.41, 5.74) is 2.15. The zero-order chi connectivity index (χ0) is 14.8. The van der Waals surface area contributed by atoms with Crippen molar-refractivity contribution in [3.8, 4) is 0 Å². The lowest BCUT2D eigenvalue weighted by atomic mass is 10.1. The SMILES string of the molecule is CCc1ccc(CNS(=O)(=O)c2cc(Cl)c(Br)s2)cc1. The van der Waals surface area contributed by atoms with E-state index >= 15 is 0 Å². The number of hydrogen-bond acceptors (Lipinski definition) is 3. The van der Waals surface area contributed by atoms with E-state index in [-0.39, 0.29) is 10.8 Å². The fraction of sp³-hybridized carbons (Fsp3) is 0.231. The average molecular weight is 395 g/mol. The minimum atomic E-state index is -3.52. The maximum atomic E-state index is 12.1. The molecule has 20 heavy (non-hydrogen) atoms. The Hall–Kier alpha value is -0.400. The van der Waals surface area contributed by atoms with Gasteiger partial charge >= 0.3 is 0 Å². The molecule has 1 aromatic heterocycles. The molecule has 0 saturated heterocycles. The van der Waals surface area contributed by atoms with Crippen LogP contribution in [0.2, 0.25) is 5.02 Å². The van der Waals surface area contributed by atoms with E-state index in [1.807, 2.05) is 24.3 Å². The normalized spacial score (nSPS) is 11.8. The van der Waals surface area contributed by atoms with E-state index in [0.29, 0.717) is 8.81 Å². The standard InChI is InChI=1S/C13H13BrClNO2S2/c1-2-9-3-5-10(6-4-9)8-16-20(17,18)12-7-11(15)13(14)19-12/h3-7,16H,2,8H2,1H3. The van der Waals surface area contributed by atoms with E-state index in [9.17, 15) is 8.42 Å². The highest BCUT2D eigenvalue weighted by Crippen LogP contribution is 2.34.